The van der Waals surface area contributed by atoms with Crippen molar-refractivity contribution in [1.29, 1.82) is 0 Å². The van der Waals surface area contributed by atoms with E-state index in [-0.39, 0.29) is 12.5 Å². The Morgan fingerprint density at radius 1 is 0.962 bits per heavy atom. The summed E-state index contributed by atoms with van der Waals surface area (Å²) in [6, 6.07) is 4.98. The summed E-state index contributed by atoms with van der Waals surface area (Å²) < 4.78 is 10.4. The highest BCUT2D eigenvalue weighted by molar-refractivity contribution is 5.94. The Hall–Kier alpha value is -3.10. The summed E-state index contributed by atoms with van der Waals surface area (Å²) in [6.45, 7) is 0.178. The van der Waals surface area contributed by atoms with Crippen LogP contribution in [0.3, 0.4) is 0 Å². The zero-order valence-electron chi connectivity index (χ0n) is 15.9. The van der Waals surface area contributed by atoms with Crippen LogP contribution in [0, 0.1) is 0 Å². The van der Waals surface area contributed by atoms with Gasteiger partial charge in [0, 0.05) is 33.8 Å². The van der Waals surface area contributed by atoms with Crippen molar-refractivity contribution in [3.8, 4) is 11.5 Å². The number of nitrogens with zero attached hydrogens (tertiary/aromatic N) is 5. The standard InChI is InChI=1S/C17H24N6O3/c1-22(2)16-19-14(20-17(21-16)23(3)4)10-18-15(24)11-7-8-12(25-5)13(9-11)26-6/h7-9H,10H2,1-6H3,(H,18,24). The van der Waals surface area contributed by atoms with Gasteiger partial charge in [0.2, 0.25) is 11.9 Å². The Morgan fingerprint density at radius 2 is 1.54 bits per heavy atom. The van der Waals surface area contributed by atoms with Crippen molar-refractivity contribution >= 4 is 17.8 Å². The normalized spacial score (nSPS) is 10.2. The van der Waals surface area contributed by atoms with E-state index < -0.39 is 0 Å². The molecule has 1 amide bonds. The average Bonchev–Trinajstić information content (AvgIpc) is 2.65. The molecule has 0 unspecified atom stereocenters. The van der Waals surface area contributed by atoms with Crippen molar-refractivity contribution in [3.63, 3.8) is 0 Å². The summed E-state index contributed by atoms with van der Waals surface area (Å²) in [5.41, 5.74) is 0.456. The SMILES string of the molecule is COc1ccc(C(=O)NCc2nc(N(C)C)nc(N(C)C)n2)cc1OC. The number of carbonyl (C=O) groups excluding carboxylic acids is 1. The van der Waals surface area contributed by atoms with Crippen LogP contribution in [-0.4, -0.2) is 63.3 Å². The summed E-state index contributed by atoms with van der Waals surface area (Å²) >= 11 is 0. The lowest BCUT2D eigenvalue weighted by molar-refractivity contribution is 0.0949. The van der Waals surface area contributed by atoms with Crippen LogP contribution in [0.1, 0.15) is 16.2 Å². The van der Waals surface area contributed by atoms with Gasteiger partial charge < -0.3 is 24.6 Å². The van der Waals surface area contributed by atoms with Crippen molar-refractivity contribution in [3.05, 3.63) is 29.6 Å². The molecule has 0 aliphatic rings. The Morgan fingerprint density at radius 3 is 2.04 bits per heavy atom. The van der Waals surface area contributed by atoms with Gasteiger partial charge in [-0.25, -0.2) is 0 Å². The minimum atomic E-state index is -0.260. The Kier molecular flexibility index (Phi) is 6.16. The molecule has 1 N–H and O–H groups in total. The van der Waals surface area contributed by atoms with E-state index >= 15 is 0 Å². The fourth-order valence-corrected chi connectivity index (χ4v) is 2.11. The van der Waals surface area contributed by atoms with E-state index in [1.165, 1.54) is 7.11 Å². The maximum absolute atomic E-state index is 12.4. The van der Waals surface area contributed by atoms with Crippen molar-refractivity contribution in [2.45, 2.75) is 6.54 Å². The summed E-state index contributed by atoms with van der Waals surface area (Å²) in [5.74, 6) is 2.32. The van der Waals surface area contributed by atoms with Gasteiger partial charge >= 0.3 is 0 Å². The van der Waals surface area contributed by atoms with Crippen LogP contribution in [-0.2, 0) is 6.54 Å². The number of benzene rings is 1. The molecule has 0 atom stereocenters. The number of methoxy groups -OCH3 is 2. The predicted octanol–water partition coefficient (Wildman–Crippen LogP) is 0.951. The average molecular weight is 360 g/mol. The van der Waals surface area contributed by atoms with Crippen molar-refractivity contribution in [1.82, 2.24) is 20.3 Å². The second kappa shape index (κ2) is 8.32. The van der Waals surface area contributed by atoms with Crippen LogP contribution in [0.25, 0.3) is 0 Å². The van der Waals surface area contributed by atoms with Gasteiger partial charge in [-0.3, -0.25) is 4.79 Å². The molecular weight excluding hydrogens is 336 g/mol. The topological polar surface area (TPSA) is 92.7 Å². The quantitative estimate of drug-likeness (QED) is 0.780. The Bertz CT molecular complexity index is 753. The number of ether oxygens (including phenoxy) is 2. The van der Waals surface area contributed by atoms with Gasteiger partial charge in [0.15, 0.2) is 17.3 Å². The molecule has 0 saturated carbocycles. The summed E-state index contributed by atoms with van der Waals surface area (Å²) in [5, 5.41) is 2.81. The predicted molar refractivity (Wildman–Crippen MR) is 99.2 cm³/mol. The first-order valence-electron chi connectivity index (χ1n) is 7.95. The van der Waals surface area contributed by atoms with E-state index in [0.717, 1.165) is 0 Å². The number of nitrogens with one attached hydrogen (secondary N) is 1. The third kappa shape index (κ3) is 4.50. The molecule has 0 aliphatic carbocycles. The van der Waals surface area contributed by atoms with E-state index in [9.17, 15) is 4.79 Å². The zero-order chi connectivity index (χ0) is 19.3. The highest BCUT2D eigenvalue weighted by Crippen LogP contribution is 2.27. The second-order valence-corrected chi connectivity index (χ2v) is 5.89. The first-order valence-corrected chi connectivity index (χ1v) is 7.95. The lowest BCUT2D eigenvalue weighted by Gasteiger charge is -2.16. The van der Waals surface area contributed by atoms with Gasteiger partial charge in [-0.05, 0) is 18.2 Å². The van der Waals surface area contributed by atoms with E-state index in [1.807, 2.05) is 28.2 Å². The molecule has 0 aliphatic heterocycles. The number of anilines is 2. The maximum atomic E-state index is 12.4. The van der Waals surface area contributed by atoms with Crippen molar-refractivity contribution in [2.24, 2.45) is 0 Å². The van der Waals surface area contributed by atoms with E-state index in [1.54, 1.807) is 35.1 Å². The van der Waals surface area contributed by atoms with Gasteiger partial charge in [0.1, 0.15) is 0 Å². The Labute approximate surface area is 153 Å². The third-order valence-electron chi connectivity index (χ3n) is 3.51. The molecular formula is C17H24N6O3. The largest absolute Gasteiger partial charge is 0.493 e. The monoisotopic (exact) mass is 360 g/mol. The molecule has 140 valence electrons. The van der Waals surface area contributed by atoms with Crippen molar-refractivity contribution in [2.75, 3.05) is 52.2 Å². The molecule has 1 aromatic heterocycles. The summed E-state index contributed by atoms with van der Waals surface area (Å²) in [4.78, 5) is 29.1. The summed E-state index contributed by atoms with van der Waals surface area (Å²) in [6.07, 6.45) is 0. The number of hydrogen-bond donors (Lipinski definition) is 1. The Balaban J connectivity index is 2.16. The molecule has 2 aromatic rings. The smallest absolute Gasteiger partial charge is 0.251 e. The third-order valence-corrected chi connectivity index (χ3v) is 3.51. The number of rotatable bonds is 7. The first-order chi connectivity index (χ1) is 12.3. The van der Waals surface area contributed by atoms with Crippen LogP contribution < -0.4 is 24.6 Å². The van der Waals surface area contributed by atoms with Crippen LogP contribution in [0.2, 0.25) is 0 Å². The molecule has 0 fully saturated rings. The lowest BCUT2D eigenvalue weighted by Crippen LogP contribution is -2.26. The summed E-state index contributed by atoms with van der Waals surface area (Å²) in [7, 11) is 10.5. The van der Waals surface area contributed by atoms with Crippen LogP contribution in [0.4, 0.5) is 11.9 Å². The van der Waals surface area contributed by atoms with Crippen LogP contribution in [0.15, 0.2) is 18.2 Å². The molecule has 9 heteroatoms. The fourth-order valence-electron chi connectivity index (χ4n) is 2.11. The molecule has 26 heavy (non-hydrogen) atoms. The van der Waals surface area contributed by atoms with Gasteiger partial charge in [-0.1, -0.05) is 0 Å². The van der Waals surface area contributed by atoms with Gasteiger partial charge in [-0.2, -0.15) is 15.0 Å². The number of hydrogen-bond acceptors (Lipinski definition) is 8. The minimum Gasteiger partial charge on any atom is -0.493 e. The van der Waals surface area contributed by atoms with E-state index in [4.69, 9.17) is 9.47 Å². The second-order valence-electron chi connectivity index (χ2n) is 5.89. The van der Waals surface area contributed by atoms with Gasteiger partial charge in [-0.15, -0.1) is 0 Å². The van der Waals surface area contributed by atoms with Crippen molar-refractivity contribution < 1.29 is 14.3 Å². The van der Waals surface area contributed by atoms with Crippen LogP contribution in [0.5, 0.6) is 11.5 Å². The van der Waals surface area contributed by atoms with Gasteiger partial charge in [0.05, 0.1) is 20.8 Å². The highest BCUT2D eigenvalue weighted by Gasteiger charge is 2.13. The number of aromatic nitrogens is 3. The molecule has 0 radical (unpaired) electrons. The molecule has 1 aromatic carbocycles. The molecule has 9 nitrogen and oxygen atoms in total. The maximum Gasteiger partial charge on any atom is 0.251 e. The number of amides is 1. The molecule has 0 bridgehead atoms. The lowest BCUT2D eigenvalue weighted by atomic mass is 10.2. The van der Waals surface area contributed by atoms with E-state index in [2.05, 4.69) is 20.3 Å². The molecule has 0 saturated heterocycles. The van der Waals surface area contributed by atoms with Gasteiger partial charge in [0.25, 0.3) is 5.91 Å². The fraction of sp³-hybridized carbons (Fsp3) is 0.412. The first kappa shape index (κ1) is 19.2. The van der Waals surface area contributed by atoms with E-state index in [0.29, 0.717) is 34.8 Å². The molecule has 0 spiro atoms. The number of carbonyl (C=O) groups is 1. The minimum absolute atomic E-state index is 0.178. The molecule has 2 rings (SSSR count). The zero-order valence-corrected chi connectivity index (χ0v) is 15.9. The molecule has 1 heterocycles. The highest BCUT2D eigenvalue weighted by atomic mass is 16.5. The van der Waals surface area contributed by atoms with Crippen LogP contribution >= 0.6 is 0 Å².